The maximum atomic E-state index is 5.50. The Labute approximate surface area is 95.2 Å². The number of methoxy groups -OCH3 is 1. The van der Waals surface area contributed by atoms with Gasteiger partial charge in [0.05, 0.1) is 18.1 Å². The van der Waals surface area contributed by atoms with Gasteiger partial charge in [-0.2, -0.15) is 0 Å². The largest absolute Gasteiger partial charge is 0.490 e. The molecule has 0 bridgehead atoms. The van der Waals surface area contributed by atoms with E-state index in [1.54, 1.807) is 7.11 Å². The van der Waals surface area contributed by atoms with E-state index >= 15 is 0 Å². The Morgan fingerprint density at radius 1 is 1.27 bits per heavy atom. The first-order valence-electron chi connectivity index (χ1n) is 4.64. The Balaban J connectivity index is 2.68. The van der Waals surface area contributed by atoms with Crippen molar-refractivity contribution in [2.75, 3.05) is 26.2 Å². The normalized spacial score (nSPS) is 9.20. The number of hydrogen-bond donors (Lipinski definition) is 0. The zero-order valence-corrected chi connectivity index (χ0v) is 9.38. The van der Waals surface area contributed by atoms with Crippen LogP contribution in [0.3, 0.4) is 0 Å². The van der Waals surface area contributed by atoms with Gasteiger partial charge in [-0.05, 0) is 12.1 Å². The average Bonchev–Trinajstić information content (AvgIpc) is 2.28. The van der Waals surface area contributed by atoms with Gasteiger partial charge in [0.25, 0.3) is 0 Å². The van der Waals surface area contributed by atoms with E-state index in [1.807, 2.05) is 24.3 Å². The van der Waals surface area contributed by atoms with Crippen molar-refractivity contribution in [2.45, 2.75) is 0 Å². The van der Waals surface area contributed by atoms with Crippen molar-refractivity contribution in [3.63, 3.8) is 0 Å². The molecule has 15 heavy (non-hydrogen) atoms. The summed E-state index contributed by atoms with van der Waals surface area (Å²) in [6.07, 6.45) is 0. The number of hydrogen-bond acceptors (Lipinski definition) is 2. The summed E-state index contributed by atoms with van der Waals surface area (Å²) < 4.78 is 10.4. The minimum Gasteiger partial charge on any atom is -0.490 e. The van der Waals surface area contributed by atoms with E-state index in [0.717, 1.165) is 11.3 Å². The molecule has 0 atom stereocenters. The molecule has 0 aliphatic carbocycles. The van der Waals surface area contributed by atoms with Crippen LogP contribution in [0.4, 0.5) is 0 Å². The summed E-state index contributed by atoms with van der Waals surface area (Å²) in [4.78, 5) is 0. The first-order chi connectivity index (χ1) is 7.38. The Morgan fingerprint density at radius 2 is 2.07 bits per heavy atom. The molecular weight excluding hydrogens is 212 g/mol. The Bertz CT molecular complexity index is 352. The smallest absolute Gasteiger partial charge is 0.135 e. The zero-order valence-electron chi connectivity index (χ0n) is 8.63. The molecule has 0 aromatic heterocycles. The van der Waals surface area contributed by atoms with Crippen LogP contribution in [0.1, 0.15) is 5.56 Å². The quantitative estimate of drug-likeness (QED) is 0.444. The molecule has 0 unspecified atom stereocenters. The highest BCUT2D eigenvalue weighted by atomic mass is 35.5. The Kier molecular flexibility index (Phi) is 5.69. The van der Waals surface area contributed by atoms with Crippen LogP contribution in [0.2, 0.25) is 0 Å². The van der Waals surface area contributed by atoms with Crippen LogP contribution in [0, 0.1) is 11.8 Å². The van der Waals surface area contributed by atoms with Crippen LogP contribution in [0.15, 0.2) is 24.3 Å². The third-order valence-corrected chi connectivity index (χ3v) is 1.86. The van der Waals surface area contributed by atoms with Gasteiger partial charge < -0.3 is 9.47 Å². The van der Waals surface area contributed by atoms with Gasteiger partial charge >= 0.3 is 0 Å². The summed E-state index contributed by atoms with van der Waals surface area (Å²) in [5.41, 5.74) is 0.856. The first kappa shape index (κ1) is 11.9. The fourth-order valence-corrected chi connectivity index (χ4v) is 1.13. The van der Waals surface area contributed by atoms with Gasteiger partial charge in [-0.1, -0.05) is 24.0 Å². The zero-order chi connectivity index (χ0) is 10.9. The first-order valence-corrected chi connectivity index (χ1v) is 5.17. The van der Waals surface area contributed by atoms with Crippen LogP contribution in [-0.2, 0) is 4.74 Å². The van der Waals surface area contributed by atoms with Gasteiger partial charge in [0.1, 0.15) is 12.4 Å². The molecular formula is C12H13ClO2. The van der Waals surface area contributed by atoms with E-state index in [9.17, 15) is 0 Å². The molecule has 0 N–H and O–H groups in total. The van der Waals surface area contributed by atoms with Crippen molar-refractivity contribution < 1.29 is 9.47 Å². The molecule has 0 fully saturated rings. The number of alkyl halides is 1. The lowest BCUT2D eigenvalue weighted by Gasteiger charge is -2.06. The van der Waals surface area contributed by atoms with Gasteiger partial charge in [0, 0.05) is 7.11 Å². The van der Waals surface area contributed by atoms with Crippen molar-refractivity contribution in [3.05, 3.63) is 29.8 Å². The van der Waals surface area contributed by atoms with E-state index in [1.165, 1.54) is 0 Å². The molecule has 0 heterocycles. The van der Waals surface area contributed by atoms with Crippen molar-refractivity contribution in [1.82, 2.24) is 0 Å². The van der Waals surface area contributed by atoms with Crippen molar-refractivity contribution in [3.8, 4) is 17.6 Å². The average molecular weight is 225 g/mol. The second kappa shape index (κ2) is 7.17. The SMILES string of the molecule is COCCOc1ccccc1C#CCCl. The lowest BCUT2D eigenvalue weighted by Crippen LogP contribution is -2.05. The molecule has 0 saturated carbocycles. The monoisotopic (exact) mass is 224 g/mol. The fourth-order valence-electron chi connectivity index (χ4n) is 1.06. The molecule has 0 aliphatic rings. The third kappa shape index (κ3) is 4.24. The van der Waals surface area contributed by atoms with E-state index in [2.05, 4.69) is 11.8 Å². The van der Waals surface area contributed by atoms with Crippen LogP contribution in [0.5, 0.6) is 5.75 Å². The highest BCUT2D eigenvalue weighted by molar-refractivity contribution is 6.19. The number of rotatable bonds is 4. The van der Waals surface area contributed by atoms with Crippen molar-refractivity contribution >= 4 is 11.6 Å². The summed E-state index contributed by atoms with van der Waals surface area (Å²) >= 11 is 5.50. The van der Waals surface area contributed by atoms with Gasteiger partial charge in [-0.25, -0.2) is 0 Å². The van der Waals surface area contributed by atoms with Gasteiger partial charge in [0.15, 0.2) is 0 Å². The van der Waals surface area contributed by atoms with Crippen molar-refractivity contribution in [2.24, 2.45) is 0 Å². The summed E-state index contributed by atoms with van der Waals surface area (Å²) in [6, 6.07) is 7.62. The molecule has 0 spiro atoms. The van der Waals surface area contributed by atoms with Crippen molar-refractivity contribution in [1.29, 1.82) is 0 Å². The van der Waals surface area contributed by atoms with Crippen LogP contribution >= 0.6 is 11.6 Å². The molecule has 3 heteroatoms. The predicted molar refractivity (Wildman–Crippen MR) is 61.4 cm³/mol. The fraction of sp³-hybridized carbons (Fsp3) is 0.333. The molecule has 2 nitrogen and oxygen atoms in total. The molecule has 1 aromatic carbocycles. The highest BCUT2D eigenvalue weighted by Gasteiger charge is 1.98. The lowest BCUT2D eigenvalue weighted by atomic mass is 10.2. The standard InChI is InChI=1S/C12H13ClO2/c1-14-9-10-15-12-7-3-2-5-11(12)6-4-8-13/h2-3,5,7H,8-10H2,1H3. The predicted octanol–water partition coefficient (Wildman–Crippen LogP) is 2.30. The van der Waals surface area contributed by atoms with E-state index in [-0.39, 0.29) is 0 Å². The topological polar surface area (TPSA) is 18.5 Å². The molecule has 0 radical (unpaired) electrons. The Hall–Kier alpha value is -1.17. The summed E-state index contributed by atoms with van der Waals surface area (Å²) in [7, 11) is 1.64. The molecule has 80 valence electrons. The third-order valence-electron chi connectivity index (χ3n) is 1.72. The minimum absolute atomic E-state index is 0.326. The molecule has 0 saturated heterocycles. The van der Waals surface area contributed by atoms with Crippen LogP contribution in [0.25, 0.3) is 0 Å². The molecule has 1 aromatic rings. The highest BCUT2D eigenvalue weighted by Crippen LogP contribution is 2.16. The number of benzene rings is 1. The maximum Gasteiger partial charge on any atom is 0.135 e. The molecule has 0 aliphatic heterocycles. The maximum absolute atomic E-state index is 5.50. The van der Waals surface area contributed by atoms with Crippen LogP contribution in [-0.4, -0.2) is 26.2 Å². The number of para-hydroxylation sites is 1. The molecule has 0 amide bonds. The number of ether oxygens (including phenoxy) is 2. The number of halogens is 1. The molecule has 1 rings (SSSR count). The van der Waals surface area contributed by atoms with Gasteiger partial charge in [-0.3, -0.25) is 0 Å². The minimum atomic E-state index is 0.326. The summed E-state index contributed by atoms with van der Waals surface area (Å²) in [5, 5.41) is 0. The summed E-state index contributed by atoms with van der Waals surface area (Å²) in [6.45, 7) is 1.09. The lowest BCUT2D eigenvalue weighted by molar-refractivity contribution is 0.146. The van der Waals surface area contributed by atoms with Gasteiger partial charge in [-0.15, -0.1) is 11.6 Å². The van der Waals surface area contributed by atoms with E-state index < -0.39 is 0 Å². The van der Waals surface area contributed by atoms with Crippen LogP contribution < -0.4 is 4.74 Å². The Morgan fingerprint density at radius 3 is 2.80 bits per heavy atom. The van der Waals surface area contributed by atoms with E-state index in [4.69, 9.17) is 21.1 Å². The second-order valence-corrected chi connectivity index (χ2v) is 3.04. The summed E-state index contributed by atoms with van der Waals surface area (Å²) in [5.74, 6) is 6.84. The van der Waals surface area contributed by atoms with Gasteiger partial charge in [0.2, 0.25) is 0 Å². The second-order valence-electron chi connectivity index (χ2n) is 2.77. The van der Waals surface area contributed by atoms with E-state index in [0.29, 0.717) is 19.1 Å².